The number of hydrogen-bond donors (Lipinski definition) is 3. The summed E-state index contributed by atoms with van der Waals surface area (Å²) in [6.07, 6.45) is 3.24. The molecule has 0 bridgehead atoms. The van der Waals surface area contributed by atoms with Gasteiger partial charge in [0, 0.05) is 12.7 Å². The number of benzene rings is 1. The van der Waals surface area contributed by atoms with Crippen molar-refractivity contribution in [1.29, 1.82) is 0 Å². The van der Waals surface area contributed by atoms with Gasteiger partial charge in [0.05, 0.1) is 39.2 Å². The van der Waals surface area contributed by atoms with E-state index in [1.807, 2.05) is 25.1 Å². The van der Waals surface area contributed by atoms with E-state index in [1.165, 1.54) is 0 Å². The minimum Gasteiger partial charge on any atom is -0.493 e. The second kappa shape index (κ2) is 10.6. The fourth-order valence-electron chi connectivity index (χ4n) is 2.30. The average Bonchev–Trinajstić information content (AvgIpc) is 2.70. The summed E-state index contributed by atoms with van der Waals surface area (Å²) in [5, 5.41) is 8.89. The molecule has 2 aromatic rings. The Morgan fingerprint density at radius 2 is 1.96 bits per heavy atom. The van der Waals surface area contributed by atoms with Gasteiger partial charge in [-0.25, -0.2) is 4.99 Å². The molecule has 0 aliphatic heterocycles. The second-order valence-electron chi connectivity index (χ2n) is 5.53. The first-order valence-electron chi connectivity index (χ1n) is 8.59. The number of aliphatic imine (C=N–C) groups is 1. The summed E-state index contributed by atoms with van der Waals surface area (Å²) in [5.74, 6) is 1.69. The fourth-order valence-corrected chi connectivity index (χ4v) is 2.30. The van der Waals surface area contributed by atoms with Gasteiger partial charge in [-0.05, 0) is 36.8 Å². The molecule has 0 saturated heterocycles. The van der Waals surface area contributed by atoms with Gasteiger partial charge in [-0.15, -0.1) is 0 Å². The van der Waals surface area contributed by atoms with E-state index in [0.29, 0.717) is 36.2 Å². The zero-order valence-electron chi connectivity index (χ0n) is 15.8. The molecule has 0 aliphatic rings. The van der Waals surface area contributed by atoms with E-state index in [2.05, 4.69) is 25.9 Å². The van der Waals surface area contributed by atoms with Crippen LogP contribution in [0.25, 0.3) is 0 Å². The van der Waals surface area contributed by atoms with Crippen molar-refractivity contribution < 1.29 is 14.3 Å². The van der Waals surface area contributed by atoms with Crippen molar-refractivity contribution in [2.75, 3.05) is 32.6 Å². The Bertz CT molecular complexity index is 765. The quantitative estimate of drug-likeness (QED) is 0.484. The van der Waals surface area contributed by atoms with Crippen molar-refractivity contribution in [2.45, 2.75) is 13.5 Å². The first-order valence-corrected chi connectivity index (χ1v) is 8.59. The minimum atomic E-state index is -0.181. The normalized spacial score (nSPS) is 10.9. The average molecular weight is 371 g/mol. The fraction of sp³-hybridized carbons (Fsp3) is 0.316. The lowest BCUT2D eigenvalue weighted by Crippen LogP contribution is -2.41. The van der Waals surface area contributed by atoms with Crippen LogP contribution in [0.2, 0.25) is 0 Å². The Labute approximate surface area is 159 Å². The summed E-state index contributed by atoms with van der Waals surface area (Å²) in [6, 6.07) is 9.18. The van der Waals surface area contributed by atoms with Crippen LogP contribution < -0.4 is 25.4 Å². The predicted molar refractivity (Wildman–Crippen MR) is 105 cm³/mol. The van der Waals surface area contributed by atoms with Crippen LogP contribution in [0.4, 0.5) is 5.69 Å². The lowest BCUT2D eigenvalue weighted by molar-refractivity contribution is -0.115. The van der Waals surface area contributed by atoms with Gasteiger partial charge in [0.1, 0.15) is 0 Å². The minimum absolute atomic E-state index is 0.0899. The van der Waals surface area contributed by atoms with Crippen LogP contribution in [0, 0.1) is 0 Å². The summed E-state index contributed by atoms with van der Waals surface area (Å²) in [6.45, 7) is 3.16. The van der Waals surface area contributed by atoms with E-state index >= 15 is 0 Å². The van der Waals surface area contributed by atoms with Gasteiger partial charge < -0.3 is 25.4 Å². The molecule has 3 N–H and O–H groups in total. The smallest absolute Gasteiger partial charge is 0.243 e. The molecule has 0 atom stereocenters. The van der Waals surface area contributed by atoms with E-state index in [4.69, 9.17) is 9.47 Å². The van der Waals surface area contributed by atoms with Crippen molar-refractivity contribution in [2.24, 2.45) is 4.99 Å². The van der Waals surface area contributed by atoms with Crippen LogP contribution in [0.15, 0.2) is 47.7 Å². The van der Waals surface area contributed by atoms with E-state index in [1.54, 1.807) is 38.7 Å². The number of rotatable bonds is 8. The Hall–Kier alpha value is -3.29. The monoisotopic (exact) mass is 371 g/mol. The van der Waals surface area contributed by atoms with Gasteiger partial charge in [0.15, 0.2) is 17.5 Å². The number of anilines is 1. The Morgan fingerprint density at radius 3 is 2.63 bits per heavy atom. The zero-order chi connectivity index (χ0) is 19.5. The number of nitrogens with zero attached hydrogens (tertiary/aromatic N) is 2. The number of carbonyl (C=O) groups excluding carboxylic acids is 1. The highest BCUT2D eigenvalue weighted by atomic mass is 16.5. The van der Waals surface area contributed by atoms with Crippen molar-refractivity contribution in [3.8, 4) is 11.5 Å². The first-order chi connectivity index (χ1) is 13.2. The Balaban J connectivity index is 1.94. The molecule has 144 valence electrons. The molecule has 8 nitrogen and oxygen atoms in total. The standard InChI is InChI=1S/C19H25N5O3/c1-4-21-19(23-13-18(25)24-15-6-5-9-20-12-15)22-11-14-7-8-16(26-2)17(10-14)27-3/h5-10,12H,4,11,13H2,1-3H3,(H,24,25)(H2,21,22,23). The number of hydrogen-bond acceptors (Lipinski definition) is 5. The summed E-state index contributed by atoms with van der Waals surface area (Å²) >= 11 is 0. The summed E-state index contributed by atoms with van der Waals surface area (Å²) in [5.41, 5.74) is 1.61. The van der Waals surface area contributed by atoms with Crippen molar-refractivity contribution in [3.63, 3.8) is 0 Å². The molecule has 0 aliphatic carbocycles. The molecule has 0 unspecified atom stereocenters. The first kappa shape index (κ1) is 20.0. The second-order valence-corrected chi connectivity index (χ2v) is 5.53. The summed E-state index contributed by atoms with van der Waals surface area (Å²) in [7, 11) is 3.19. The highest BCUT2D eigenvalue weighted by molar-refractivity contribution is 5.94. The number of ether oxygens (including phenoxy) is 2. The number of guanidine groups is 1. The van der Waals surface area contributed by atoms with E-state index in [-0.39, 0.29) is 12.5 Å². The maximum Gasteiger partial charge on any atom is 0.243 e. The molecule has 1 heterocycles. The van der Waals surface area contributed by atoms with Gasteiger partial charge in [-0.3, -0.25) is 9.78 Å². The molecule has 1 aromatic heterocycles. The molecule has 0 spiro atoms. The lowest BCUT2D eigenvalue weighted by Gasteiger charge is -2.12. The molecular formula is C19H25N5O3. The SMILES string of the molecule is CCNC(=NCc1ccc(OC)c(OC)c1)NCC(=O)Nc1cccnc1. The van der Waals surface area contributed by atoms with Gasteiger partial charge in [0.2, 0.25) is 5.91 Å². The third-order valence-electron chi connectivity index (χ3n) is 3.57. The molecule has 1 aromatic carbocycles. The van der Waals surface area contributed by atoms with Gasteiger partial charge in [-0.1, -0.05) is 6.07 Å². The predicted octanol–water partition coefficient (Wildman–Crippen LogP) is 1.79. The number of nitrogens with one attached hydrogen (secondary N) is 3. The van der Waals surface area contributed by atoms with Crippen molar-refractivity contribution >= 4 is 17.6 Å². The Morgan fingerprint density at radius 1 is 1.15 bits per heavy atom. The van der Waals surface area contributed by atoms with Crippen LogP contribution in [-0.2, 0) is 11.3 Å². The maximum atomic E-state index is 12.0. The van der Waals surface area contributed by atoms with Gasteiger partial charge in [0.25, 0.3) is 0 Å². The number of pyridine rings is 1. The lowest BCUT2D eigenvalue weighted by atomic mass is 10.2. The van der Waals surface area contributed by atoms with E-state index < -0.39 is 0 Å². The van der Waals surface area contributed by atoms with Crippen LogP contribution >= 0.6 is 0 Å². The third-order valence-corrected chi connectivity index (χ3v) is 3.57. The van der Waals surface area contributed by atoms with Crippen molar-refractivity contribution in [3.05, 3.63) is 48.3 Å². The molecule has 2 rings (SSSR count). The number of methoxy groups -OCH3 is 2. The molecule has 0 fully saturated rings. The topological polar surface area (TPSA) is 96.9 Å². The number of amides is 1. The largest absolute Gasteiger partial charge is 0.493 e. The van der Waals surface area contributed by atoms with Gasteiger partial charge >= 0.3 is 0 Å². The molecule has 27 heavy (non-hydrogen) atoms. The zero-order valence-corrected chi connectivity index (χ0v) is 15.8. The third kappa shape index (κ3) is 6.50. The van der Waals surface area contributed by atoms with Crippen LogP contribution in [0.3, 0.4) is 0 Å². The Kier molecular flexibility index (Phi) is 7.90. The number of aromatic nitrogens is 1. The highest BCUT2D eigenvalue weighted by Gasteiger charge is 2.06. The van der Waals surface area contributed by atoms with Crippen molar-refractivity contribution in [1.82, 2.24) is 15.6 Å². The summed E-state index contributed by atoms with van der Waals surface area (Å²) in [4.78, 5) is 20.5. The van der Waals surface area contributed by atoms with Crippen LogP contribution in [-0.4, -0.2) is 44.2 Å². The van der Waals surface area contributed by atoms with Gasteiger partial charge in [-0.2, -0.15) is 0 Å². The molecule has 8 heteroatoms. The maximum absolute atomic E-state index is 12.0. The number of carbonyl (C=O) groups is 1. The summed E-state index contributed by atoms with van der Waals surface area (Å²) < 4.78 is 10.5. The molecule has 1 amide bonds. The van der Waals surface area contributed by atoms with Crippen LogP contribution in [0.1, 0.15) is 12.5 Å². The van der Waals surface area contributed by atoms with E-state index in [9.17, 15) is 4.79 Å². The molecule has 0 radical (unpaired) electrons. The van der Waals surface area contributed by atoms with Crippen LogP contribution in [0.5, 0.6) is 11.5 Å². The van der Waals surface area contributed by atoms with E-state index in [0.717, 1.165) is 5.56 Å². The highest BCUT2D eigenvalue weighted by Crippen LogP contribution is 2.27. The molecular weight excluding hydrogens is 346 g/mol. The molecule has 0 saturated carbocycles.